The van der Waals surface area contributed by atoms with Crippen LogP contribution in [0.3, 0.4) is 0 Å². The quantitative estimate of drug-likeness (QED) is 0.448. The number of hydrogen-bond acceptors (Lipinski definition) is 7. The third-order valence-corrected chi connectivity index (χ3v) is 8.51. The molecular formula is C14H31NO7P2. The lowest BCUT2D eigenvalue weighted by molar-refractivity contribution is -0.121. The Morgan fingerprint density at radius 2 is 1.21 bits per heavy atom. The van der Waals surface area contributed by atoms with E-state index < -0.39 is 26.6 Å². The molecule has 24 heavy (non-hydrogen) atoms. The normalized spacial score (nSPS) is 12.6. The molecule has 0 heterocycles. The summed E-state index contributed by atoms with van der Waals surface area (Å²) >= 11 is 0. The number of amides is 1. The second-order valence-electron chi connectivity index (χ2n) is 4.80. The van der Waals surface area contributed by atoms with Gasteiger partial charge >= 0.3 is 15.2 Å². The van der Waals surface area contributed by atoms with E-state index in [0.29, 0.717) is 6.42 Å². The summed E-state index contributed by atoms with van der Waals surface area (Å²) in [6, 6.07) is 0. The van der Waals surface area contributed by atoms with Gasteiger partial charge < -0.3 is 23.4 Å². The van der Waals surface area contributed by atoms with E-state index in [-0.39, 0.29) is 32.8 Å². The third kappa shape index (κ3) is 7.34. The van der Waals surface area contributed by atoms with Crippen molar-refractivity contribution in [1.29, 1.82) is 0 Å². The van der Waals surface area contributed by atoms with Gasteiger partial charge in [0, 0.05) is 6.42 Å². The van der Waals surface area contributed by atoms with Crippen molar-refractivity contribution in [3.63, 3.8) is 0 Å². The van der Waals surface area contributed by atoms with Gasteiger partial charge in [0.2, 0.25) is 11.4 Å². The number of nitrogens with one attached hydrogen (secondary N) is 1. The monoisotopic (exact) mass is 387 g/mol. The van der Waals surface area contributed by atoms with Crippen LogP contribution in [0.25, 0.3) is 0 Å². The molecule has 0 aliphatic heterocycles. The topological polar surface area (TPSA) is 100 Å². The van der Waals surface area contributed by atoms with Crippen LogP contribution in [0.15, 0.2) is 0 Å². The Hall–Kier alpha value is -0.230. The highest BCUT2D eigenvalue weighted by Crippen LogP contribution is 2.69. The number of unbranched alkanes of at least 4 members (excludes halogenated alkanes) is 1. The van der Waals surface area contributed by atoms with Crippen molar-refractivity contribution in [2.24, 2.45) is 0 Å². The van der Waals surface area contributed by atoms with Gasteiger partial charge in [-0.15, -0.1) is 0 Å². The second-order valence-corrected chi connectivity index (χ2v) is 9.43. The van der Waals surface area contributed by atoms with Crippen LogP contribution in [0, 0.1) is 0 Å². The molecule has 0 aromatic carbocycles. The number of carbonyl (C=O) groups is 1. The minimum Gasteiger partial charge on any atom is -0.332 e. The SMILES string of the molecule is CCCCC(=O)NC(P(=O)(OCC)OCC)P(=O)(OCC)OCC. The Morgan fingerprint density at radius 1 is 0.833 bits per heavy atom. The first-order chi connectivity index (χ1) is 11.3. The molecule has 1 amide bonds. The highest BCUT2D eigenvalue weighted by atomic mass is 31.2. The molecule has 0 rings (SSSR count). The van der Waals surface area contributed by atoms with Crippen molar-refractivity contribution in [1.82, 2.24) is 5.32 Å². The number of carbonyl (C=O) groups excluding carboxylic acids is 1. The van der Waals surface area contributed by atoms with E-state index in [1.807, 2.05) is 6.92 Å². The van der Waals surface area contributed by atoms with Gasteiger partial charge in [0.1, 0.15) is 0 Å². The van der Waals surface area contributed by atoms with Crippen molar-refractivity contribution < 1.29 is 32.0 Å². The van der Waals surface area contributed by atoms with E-state index >= 15 is 0 Å². The molecule has 0 spiro atoms. The van der Waals surface area contributed by atoms with E-state index in [0.717, 1.165) is 6.42 Å². The van der Waals surface area contributed by atoms with E-state index in [4.69, 9.17) is 18.1 Å². The molecule has 0 fully saturated rings. The van der Waals surface area contributed by atoms with Crippen LogP contribution in [-0.4, -0.2) is 37.9 Å². The largest absolute Gasteiger partial charge is 0.365 e. The zero-order chi connectivity index (χ0) is 18.6. The van der Waals surface area contributed by atoms with Crippen LogP contribution in [0.5, 0.6) is 0 Å². The maximum absolute atomic E-state index is 13.1. The van der Waals surface area contributed by atoms with Crippen LogP contribution in [0.4, 0.5) is 0 Å². The van der Waals surface area contributed by atoms with Gasteiger partial charge in [0.05, 0.1) is 26.4 Å². The molecule has 144 valence electrons. The smallest absolute Gasteiger partial charge is 0.332 e. The van der Waals surface area contributed by atoms with Crippen molar-refractivity contribution in [3.05, 3.63) is 0 Å². The van der Waals surface area contributed by atoms with Crippen molar-refractivity contribution >= 4 is 21.1 Å². The molecule has 10 heteroatoms. The maximum Gasteiger partial charge on any atom is 0.365 e. The summed E-state index contributed by atoms with van der Waals surface area (Å²) in [5.74, 6) is -0.402. The molecule has 1 N–H and O–H groups in total. The van der Waals surface area contributed by atoms with Crippen molar-refractivity contribution in [2.75, 3.05) is 26.4 Å². The second kappa shape index (κ2) is 12.2. The third-order valence-electron chi connectivity index (χ3n) is 2.88. The Balaban J connectivity index is 5.73. The predicted octanol–water partition coefficient (Wildman–Crippen LogP) is 4.11. The van der Waals surface area contributed by atoms with Crippen LogP contribution < -0.4 is 5.32 Å². The Morgan fingerprint density at radius 3 is 1.50 bits per heavy atom. The molecule has 0 radical (unpaired) electrons. The highest BCUT2D eigenvalue weighted by molar-refractivity contribution is 7.72. The summed E-state index contributed by atoms with van der Waals surface area (Å²) in [7, 11) is -7.88. The zero-order valence-corrected chi connectivity index (χ0v) is 17.1. The first-order valence-corrected chi connectivity index (χ1v) is 11.6. The van der Waals surface area contributed by atoms with Crippen molar-refractivity contribution in [3.8, 4) is 0 Å². The Labute approximate surface area is 145 Å². The molecule has 0 aliphatic rings. The van der Waals surface area contributed by atoms with Gasteiger partial charge in [-0.05, 0) is 34.1 Å². The van der Waals surface area contributed by atoms with Crippen LogP contribution in [-0.2, 0) is 32.0 Å². The van der Waals surface area contributed by atoms with Gasteiger partial charge in [0.25, 0.3) is 0 Å². The van der Waals surface area contributed by atoms with Crippen LogP contribution in [0.1, 0.15) is 53.9 Å². The van der Waals surface area contributed by atoms with Crippen LogP contribution in [0.2, 0.25) is 0 Å². The van der Waals surface area contributed by atoms with Gasteiger partial charge in [-0.3, -0.25) is 13.9 Å². The molecule has 0 aromatic heterocycles. The fourth-order valence-corrected chi connectivity index (χ4v) is 6.90. The lowest BCUT2D eigenvalue weighted by Gasteiger charge is -2.31. The minimum absolute atomic E-state index is 0.0663. The summed E-state index contributed by atoms with van der Waals surface area (Å²) in [6.07, 6.45) is 1.68. The molecule has 0 saturated heterocycles. The van der Waals surface area contributed by atoms with Gasteiger partial charge in [-0.2, -0.15) is 0 Å². The summed E-state index contributed by atoms with van der Waals surface area (Å²) in [6.45, 7) is 8.74. The molecule has 0 unspecified atom stereocenters. The average molecular weight is 387 g/mol. The van der Waals surface area contributed by atoms with Gasteiger partial charge in [-0.25, -0.2) is 0 Å². The van der Waals surface area contributed by atoms with E-state index in [2.05, 4.69) is 5.32 Å². The summed E-state index contributed by atoms with van der Waals surface area (Å²) in [5, 5.41) is 2.51. The number of hydrogen-bond donors (Lipinski definition) is 1. The fraction of sp³-hybridized carbons (Fsp3) is 0.929. The van der Waals surface area contributed by atoms with Gasteiger partial charge in [0.15, 0.2) is 0 Å². The summed E-state index contributed by atoms with van der Waals surface area (Å²) in [4.78, 5) is 12.1. The Bertz CT molecular complexity index is 408. The molecule has 8 nitrogen and oxygen atoms in total. The standard InChI is InChI=1S/C14H31NO7P2/c1-6-11-12-13(16)15-14(23(17,19-7-2)20-8-3)24(18,21-9-4)22-10-5/h14H,6-12H2,1-5H3,(H,15,16). The van der Waals surface area contributed by atoms with E-state index in [1.165, 1.54) is 0 Å². The molecule has 0 bridgehead atoms. The summed E-state index contributed by atoms with van der Waals surface area (Å²) < 4.78 is 47.3. The molecule has 0 aliphatic carbocycles. The van der Waals surface area contributed by atoms with Crippen LogP contribution >= 0.6 is 15.2 Å². The van der Waals surface area contributed by atoms with E-state index in [1.54, 1.807) is 27.7 Å². The highest BCUT2D eigenvalue weighted by Gasteiger charge is 2.51. The minimum atomic E-state index is -3.94. The zero-order valence-electron chi connectivity index (χ0n) is 15.3. The first kappa shape index (κ1) is 23.8. The first-order valence-electron chi connectivity index (χ1n) is 8.40. The molecule has 0 atom stereocenters. The predicted molar refractivity (Wildman–Crippen MR) is 93.2 cm³/mol. The lowest BCUT2D eigenvalue weighted by atomic mass is 10.2. The Kier molecular flexibility index (Phi) is 12.1. The average Bonchev–Trinajstić information content (AvgIpc) is 2.51. The van der Waals surface area contributed by atoms with E-state index in [9.17, 15) is 13.9 Å². The lowest BCUT2D eigenvalue weighted by Crippen LogP contribution is -2.37. The number of rotatable bonds is 14. The molecule has 0 saturated carbocycles. The molecule has 0 aromatic rings. The maximum atomic E-state index is 13.1. The summed E-state index contributed by atoms with van der Waals surface area (Å²) in [5.41, 5.74) is -1.49. The van der Waals surface area contributed by atoms with Gasteiger partial charge in [-0.1, -0.05) is 13.3 Å². The van der Waals surface area contributed by atoms with Crippen molar-refractivity contribution in [2.45, 2.75) is 59.4 Å². The fourth-order valence-electron chi connectivity index (χ4n) is 1.96. The molecular weight excluding hydrogens is 356 g/mol.